The smallest absolute Gasteiger partial charge is 0.248 e. The molecule has 0 N–H and O–H groups in total. The minimum Gasteiger partial charge on any atom is -0.416 e. The first-order chi connectivity index (χ1) is 12.7. The first kappa shape index (κ1) is 16.0. The van der Waals surface area contributed by atoms with Gasteiger partial charge in [0.2, 0.25) is 11.8 Å². The van der Waals surface area contributed by atoms with Gasteiger partial charge in [0.05, 0.1) is 0 Å². The van der Waals surface area contributed by atoms with Gasteiger partial charge in [-0.3, -0.25) is 0 Å². The molecule has 0 atom stereocenters. The zero-order valence-electron chi connectivity index (χ0n) is 14.5. The lowest BCUT2D eigenvalue weighted by atomic mass is 10.0. The molecular formula is C23H18N2O. The maximum Gasteiger partial charge on any atom is 0.248 e. The molecule has 0 bridgehead atoms. The van der Waals surface area contributed by atoms with Crippen molar-refractivity contribution in [2.45, 2.75) is 6.92 Å². The highest BCUT2D eigenvalue weighted by atomic mass is 16.4. The second kappa shape index (κ2) is 6.81. The quantitative estimate of drug-likeness (QED) is 0.451. The number of nitrogens with zero attached hydrogens (tertiary/aromatic N) is 2. The Kier molecular flexibility index (Phi) is 4.20. The standard InChI is InChI=1S/C23H18N2O/c1-16(2)17-8-12-20(13-9-17)22-24-25-23(26-22)21-14-10-19(11-15-21)18-6-4-3-5-7-18/h3-15H,1H2,2H3. The predicted octanol–water partition coefficient (Wildman–Crippen LogP) is 6.10. The Bertz CT molecular complexity index is 1030. The summed E-state index contributed by atoms with van der Waals surface area (Å²) in [6, 6.07) is 26.4. The SMILES string of the molecule is C=C(C)c1ccc(-c2nnc(-c3ccc(-c4ccccc4)cc3)o2)cc1. The third kappa shape index (κ3) is 3.20. The summed E-state index contributed by atoms with van der Waals surface area (Å²) in [4.78, 5) is 0. The molecule has 4 aromatic rings. The van der Waals surface area contributed by atoms with Gasteiger partial charge >= 0.3 is 0 Å². The highest BCUT2D eigenvalue weighted by Crippen LogP contribution is 2.27. The molecule has 0 aliphatic carbocycles. The summed E-state index contributed by atoms with van der Waals surface area (Å²) < 4.78 is 5.86. The van der Waals surface area contributed by atoms with Crippen molar-refractivity contribution in [3.63, 3.8) is 0 Å². The fourth-order valence-electron chi connectivity index (χ4n) is 2.79. The third-order valence-corrected chi connectivity index (χ3v) is 4.29. The number of aromatic nitrogens is 2. The van der Waals surface area contributed by atoms with E-state index in [9.17, 15) is 0 Å². The first-order valence-corrected chi connectivity index (χ1v) is 8.46. The van der Waals surface area contributed by atoms with Gasteiger partial charge in [0.25, 0.3) is 0 Å². The molecule has 0 amide bonds. The van der Waals surface area contributed by atoms with Crippen LogP contribution in [0.15, 0.2) is 89.9 Å². The van der Waals surface area contributed by atoms with Gasteiger partial charge in [-0.15, -0.1) is 10.2 Å². The average molecular weight is 338 g/mol. The monoisotopic (exact) mass is 338 g/mol. The molecule has 1 heterocycles. The highest BCUT2D eigenvalue weighted by Gasteiger charge is 2.11. The van der Waals surface area contributed by atoms with E-state index >= 15 is 0 Å². The molecule has 0 unspecified atom stereocenters. The Morgan fingerprint density at radius 3 is 1.65 bits per heavy atom. The number of allylic oxidation sites excluding steroid dienone is 1. The molecule has 0 spiro atoms. The Morgan fingerprint density at radius 2 is 1.12 bits per heavy atom. The summed E-state index contributed by atoms with van der Waals surface area (Å²) in [6.07, 6.45) is 0. The van der Waals surface area contributed by atoms with E-state index in [-0.39, 0.29) is 0 Å². The Labute approximate surface area is 152 Å². The molecule has 0 radical (unpaired) electrons. The van der Waals surface area contributed by atoms with Crippen LogP contribution in [-0.2, 0) is 0 Å². The van der Waals surface area contributed by atoms with Crippen LogP contribution in [0, 0.1) is 0 Å². The fourth-order valence-corrected chi connectivity index (χ4v) is 2.79. The molecule has 126 valence electrons. The van der Waals surface area contributed by atoms with E-state index in [4.69, 9.17) is 4.42 Å². The van der Waals surface area contributed by atoms with Crippen LogP contribution >= 0.6 is 0 Å². The van der Waals surface area contributed by atoms with E-state index in [1.54, 1.807) is 0 Å². The van der Waals surface area contributed by atoms with E-state index in [1.807, 2.05) is 61.5 Å². The van der Waals surface area contributed by atoms with Crippen molar-refractivity contribution in [1.82, 2.24) is 10.2 Å². The van der Waals surface area contributed by atoms with Crippen LogP contribution < -0.4 is 0 Å². The van der Waals surface area contributed by atoms with Gasteiger partial charge in [0.15, 0.2) is 0 Å². The number of rotatable bonds is 4. The highest BCUT2D eigenvalue weighted by molar-refractivity contribution is 5.68. The van der Waals surface area contributed by atoms with Crippen LogP contribution in [0.5, 0.6) is 0 Å². The Balaban J connectivity index is 1.59. The summed E-state index contributed by atoms with van der Waals surface area (Å²) in [5.74, 6) is 1.03. The maximum atomic E-state index is 5.86. The topological polar surface area (TPSA) is 38.9 Å². The second-order valence-electron chi connectivity index (χ2n) is 6.21. The molecule has 1 aromatic heterocycles. The summed E-state index contributed by atoms with van der Waals surface area (Å²) in [6.45, 7) is 5.93. The third-order valence-electron chi connectivity index (χ3n) is 4.29. The zero-order chi connectivity index (χ0) is 17.9. The summed E-state index contributed by atoms with van der Waals surface area (Å²) in [5, 5.41) is 8.37. The summed E-state index contributed by atoms with van der Waals surface area (Å²) >= 11 is 0. The lowest BCUT2D eigenvalue weighted by Crippen LogP contribution is -1.80. The van der Waals surface area contributed by atoms with E-state index in [2.05, 4.69) is 41.0 Å². The Hall–Kier alpha value is -3.46. The molecule has 0 saturated carbocycles. The number of benzene rings is 3. The molecule has 3 nitrogen and oxygen atoms in total. The lowest BCUT2D eigenvalue weighted by Gasteiger charge is -2.02. The van der Waals surface area contributed by atoms with Crippen molar-refractivity contribution in [3.8, 4) is 34.0 Å². The maximum absolute atomic E-state index is 5.86. The van der Waals surface area contributed by atoms with Gasteiger partial charge in [-0.2, -0.15) is 0 Å². The lowest BCUT2D eigenvalue weighted by molar-refractivity contribution is 0.584. The molecule has 26 heavy (non-hydrogen) atoms. The first-order valence-electron chi connectivity index (χ1n) is 8.46. The van der Waals surface area contributed by atoms with Crippen LogP contribution in [0.1, 0.15) is 12.5 Å². The Morgan fingerprint density at radius 1 is 0.654 bits per heavy atom. The van der Waals surface area contributed by atoms with Crippen LogP contribution in [-0.4, -0.2) is 10.2 Å². The molecule has 0 saturated heterocycles. The van der Waals surface area contributed by atoms with Crippen molar-refractivity contribution in [1.29, 1.82) is 0 Å². The molecule has 0 aliphatic heterocycles. The van der Waals surface area contributed by atoms with E-state index in [0.29, 0.717) is 11.8 Å². The summed E-state index contributed by atoms with van der Waals surface area (Å²) in [5.41, 5.74) is 6.27. The van der Waals surface area contributed by atoms with Crippen molar-refractivity contribution in [2.24, 2.45) is 0 Å². The van der Waals surface area contributed by atoms with Crippen LogP contribution in [0.2, 0.25) is 0 Å². The largest absolute Gasteiger partial charge is 0.416 e. The van der Waals surface area contributed by atoms with Gasteiger partial charge in [0, 0.05) is 11.1 Å². The normalized spacial score (nSPS) is 10.7. The molecule has 0 aliphatic rings. The van der Waals surface area contributed by atoms with Gasteiger partial charge in [0.1, 0.15) is 0 Å². The average Bonchev–Trinajstić information content (AvgIpc) is 3.19. The van der Waals surface area contributed by atoms with Gasteiger partial charge in [-0.05, 0) is 47.9 Å². The van der Waals surface area contributed by atoms with Crippen molar-refractivity contribution >= 4 is 5.57 Å². The predicted molar refractivity (Wildman–Crippen MR) is 105 cm³/mol. The number of hydrogen-bond donors (Lipinski definition) is 0. The minimum atomic E-state index is 0.514. The van der Waals surface area contributed by atoms with Crippen molar-refractivity contribution in [3.05, 3.63) is 91.0 Å². The van der Waals surface area contributed by atoms with Crippen molar-refractivity contribution in [2.75, 3.05) is 0 Å². The molecule has 4 rings (SSSR count). The van der Waals surface area contributed by atoms with Crippen LogP contribution in [0.25, 0.3) is 39.6 Å². The molecule has 0 fully saturated rings. The van der Waals surface area contributed by atoms with E-state index in [0.717, 1.165) is 27.8 Å². The fraction of sp³-hybridized carbons (Fsp3) is 0.0435. The van der Waals surface area contributed by atoms with Gasteiger partial charge < -0.3 is 4.42 Å². The van der Waals surface area contributed by atoms with Gasteiger partial charge in [-0.1, -0.05) is 66.7 Å². The zero-order valence-corrected chi connectivity index (χ0v) is 14.5. The molecule has 3 heteroatoms. The van der Waals surface area contributed by atoms with Crippen LogP contribution in [0.4, 0.5) is 0 Å². The van der Waals surface area contributed by atoms with Gasteiger partial charge in [-0.25, -0.2) is 0 Å². The van der Waals surface area contributed by atoms with E-state index < -0.39 is 0 Å². The molecule has 3 aromatic carbocycles. The van der Waals surface area contributed by atoms with Crippen molar-refractivity contribution < 1.29 is 4.42 Å². The summed E-state index contributed by atoms with van der Waals surface area (Å²) in [7, 11) is 0. The minimum absolute atomic E-state index is 0.514. The number of hydrogen-bond acceptors (Lipinski definition) is 3. The van der Waals surface area contributed by atoms with Crippen LogP contribution in [0.3, 0.4) is 0 Å². The molecular weight excluding hydrogens is 320 g/mol. The van der Waals surface area contributed by atoms with E-state index in [1.165, 1.54) is 5.56 Å². The second-order valence-corrected chi connectivity index (χ2v) is 6.21.